The molecule has 0 spiro atoms. The molecule has 0 aliphatic rings. The van der Waals surface area contributed by atoms with E-state index >= 15 is 0 Å². The summed E-state index contributed by atoms with van der Waals surface area (Å²) in [4.78, 5) is 26.3. The van der Waals surface area contributed by atoms with Crippen molar-refractivity contribution in [2.45, 2.75) is 289 Å². The molecule has 3 atom stereocenters. The number of esters is 1. The molecule has 0 saturated carbocycles. The van der Waals surface area contributed by atoms with Gasteiger partial charge in [0.25, 0.3) is 0 Å². The van der Waals surface area contributed by atoms with E-state index in [4.69, 9.17) is 4.74 Å². The highest BCUT2D eigenvalue weighted by molar-refractivity contribution is 5.77. The number of ether oxygens (including phenoxy) is 1. The van der Waals surface area contributed by atoms with E-state index in [1.165, 1.54) is 122 Å². The van der Waals surface area contributed by atoms with Gasteiger partial charge in [-0.1, -0.05) is 254 Å². The van der Waals surface area contributed by atoms with Crippen LogP contribution in [0.3, 0.4) is 0 Å². The van der Waals surface area contributed by atoms with Gasteiger partial charge in [0, 0.05) is 6.42 Å². The first-order valence-corrected chi connectivity index (χ1v) is 28.8. The highest BCUT2D eigenvalue weighted by atomic mass is 16.5. The fourth-order valence-electron chi connectivity index (χ4n) is 8.42. The number of carbonyl (C=O) groups excluding carboxylic acids is 2. The third-order valence-electron chi connectivity index (χ3n) is 12.8. The average molecular weight is 949 g/mol. The Morgan fingerprint density at radius 1 is 0.456 bits per heavy atom. The van der Waals surface area contributed by atoms with Gasteiger partial charge in [0.1, 0.15) is 6.10 Å². The number of unbranched alkanes of at least 4 members (excludes halogenated alkanes) is 27. The summed E-state index contributed by atoms with van der Waals surface area (Å²) >= 11 is 0. The topological polar surface area (TPSA) is 95.9 Å². The van der Waals surface area contributed by atoms with Crippen molar-refractivity contribution in [2.75, 3.05) is 6.61 Å². The maximum atomic E-state index is 13.3. The van der Waals surface area contributed by atoms with Crippen LogP contribution in [-0.4, -0.2) is 46.9 Å². The summed E-state index contributed by atoms with van der Waals surface area (Å²) in [5, 5.41) is 23.9. The van der Waals surface area contributed by atoms with Crippen LogP contribution in [0.5, 0.6) is 0 Å². The van der Waals surface area contributed by atoms with Crippen molar-refractivity contribution in [3.05, 3.63) is 85.1 Å². The first-order valence-electron chi connectivity index (χ1n) is 28.8. The van der Waals surface area contributed by atoms with Gasteiger partial charge in [0.2, 0.25) is 5.91 Å². The predicted molar refractivity (Wildman–Crippen MR) is 296 cm³/mol. The second kappa shape index (κ2) is 55.0. The number of carbonyl (C=O) groups is 2. The minimum Gasteiger partial charge on any atom is -0.462 e. The van der Waals surface area contributed by atoms with Crippen LogP contribution in [0.1, 0.15) is 271 Å². The number of hydrogen-bond acceptors (Lipinski definition) is 5. The van der Waals surface area contributed by atoms with Crippen LogP contribution in [0.15, 0.2) is 85.1 Å². The molecule has 0 bridgehead atoms. The molecule has 0 heterocycles. The molecule has 6 heteroatoms. The lowest BCUT2D eigenvalue weighted by Gasteiger charge is -2.24. The molecule has 3 unspecified atom stereocenters. The van der Waals surface area contributed by atoms with Crippen LogP contribution in [0, 0.1) is 0 Å². The van der Waals surface area contributed by atoms with E-state index in [0.717, 1.165) is 103 Å². The number of rotatable bonds is 51. The van der Waals surface area contributed by atoms with E-state index in [1.54, 1.807) is 0 Å². The Morgan fingerprint density at radius 2 is 0.853 bits per heavy atom. The lowest BCUT2D eigenvalue weighted by atomic mass is 10.0. The molecule has 0 aliphatic carbocycles. The Balaban J connectivity index is 4.66. The van der Waals surface area contributed by atoms with Crippen LogP contribution in [0.2, 0.25) is 0 Å². The van der Waals surface area contributed by atoms with Gasteiger partial charge in [-0.25, -0.2) is 0 Å². The molecule has 0 radical (unpaired) electrons. The Labute approximate surface area is 421 Å². The third-order valence-corrected chi connectivity index (χ3v) is 12.8. The second-order valence-corrected chi connectivity index (χ2v) is 19.4. The fourth-order valence-corrected chi connectivity index (χ4v) is 8.42. The largest absolute Gasteiger partial charge is 0.462 e. The Morgan fingerprint density at radius 3 is 1.34 bits per heavy atom. The van der Waals surface area contributed by atoms with Gasteiger partial charge < -0.3 is 20.3 Å². The fraction of sp³-hybridized carbons (Fsp3) is 0.742. The summed E-state index contributed by atoms with van der Waals surface area (Å²) in [6.45, 7) is 6.36. The molecule has 6 nitrogen and oxygen atoms in total. The molecule has 0 aromatic rings. The van der Waals surface area contributed by atoms with Crippen molar-refractivity contribution in [1.82, 2.24) is 5.32 Å². The van der Waals surface area contributed by atoms with Crippen molar-refractivity contribution in [3.8, 4) is 0 Å². The van der Waals surface area contributed by atoms with Gasteiger partial charge in [-0.05, 0) is 89.9 Å². The first-order chi connectivity index (χ1) is 33.5. The molecule has 3 N–H and O–H groups in total. The number of hydrogen-bond donors (Lipinski definition) is 3. The van der Waals surface area contributed by atoms with E-state index < -0.39 is 18.2 Å². The number of amides is 1. The van der Waals surface area contributed by atoms with Crippen LogP contribution < -0.4 is 5.32 Å². The molecule has 0 aliphatic heterocycles. The maximum Gasteiger partial charge on any atom is 0.306 e. The summed E-state index contributed by atoms with van der Waals surface area (Å²) in [6.07, 6.45) is 72.2. The zero-order valence-corrected chi connectivity index (χ0v) is 44.7. The van der Waals surface area contributed by atoms with E-state index in [9.17, 15) is 19.8 Å². The normalized spacial score (nSPS) is 13.8. The summed E-state index contributed by atoms with van der Waals surface area (Å²) in [7, 11) is 0. The smallest absolute Gasteiger partial charge is 0.306 e. The zero-order valence-electron chi connectivity index (χ0n) is 44.7. The van der Waals surface area contributed by atoms with E-state index in [-0.39, 0.29) is 24.9 Å². The Bertz CT molecular complexity index is 1290. The molecule has 392 valence electrons. The molecular formula is C62H109NO5. The van der Waals surface area contributed by atoms with Crippen molar-refractivity contribution >= 4 is 11.9 Å². The molecule has 0 aromatic heterocycles. The van der Waals surface area contributed by atoms with E-state index in [1.807, 2.05) is 0 Å². The van der Waals surface area contributed by atoms with Gasteiger partial charge in [-0.15, -0.1) is 0 Å². The minimum absolute atomic E-state index is 0.0386. The number of aliphatic hydroxyl groups is 2. The van der Waals surface area contributed by atoms with Gasteiger partial charge in [0.05, 0.1) is 25.2 Å². The molecule has 0 rings (SSSR count). The van der Waals surface area contributed by atoms with Crippen molar-refractivity contribution < 1.29 is 24.5 Å². The molecule has 1 amide bonds. The van der Waals surface area contributed by atoms with Crippen LogP contribution >= 0.6 is 0 Å². The van der Waals surface area contributed by atoms with Crippen molar-refractivity contribution in [1.29, 1.82) is 0 Å². The van der Waals surface area contributed by atoms with Crippen LogP contribution in [0.4, 0.5) is 0 Å². The lowest BCUT2D eigenvalue weighted by molar-refractivity contribution is -0.151. The molecule has 0 fully saturated rings. The molecule has 0 saturated heterocycles. The standard InChI is InChI=1S/C62H109NO5/c1-4-7-10-13-16-19-22-25-28-31-33-36-39-42-45-48-51-54-60(65)59(57-64)63-61(66)56-58(53-50-47-44-41-38-35-32-29-26-23-20-17-14-11-8-5-2)68-62(67)55-52-49-46-43-40-37-34-30-27-24-21-18-15-12-9-6-3/h9,12,18,21,23,26-27,29-30,32,35,37-38,40,58-60,64-65H,4-8,10-11,13-17,19-20,22,24-25,28,31,33-34,36,39,41-57H2,1-3H3,(H,63,66)/b12-9+,21-18+,26-23+,30-27+,32-29+,38-35+,40-37+. The SMILES string of the molecule is CC/C=C/C/C=C/C/C=C/C/C=C/CCCCCC(=O)OC(CCCCC/C=C/C=C/C=C/CCCCCCC)CC(=O)NC(CO)C(O)CCCCCCCCCCCCCCCCCCC. The highest BCUT2D eigenvalue weighted by Crippen LogP contribution is 2.18. The summed E-state index contributed by atoms with van der Waals surface area (Å²) in [6, 6.07) is -0.725. The van der Waals surface area contributed by atoms with Gasteiger partial charge in [0.15, 0.2) is 0 Å². The average Bonchev–Trinajstić information content (AvgIpc) is 3.33. The number of allylic oxidation sites excluding steroid dienone is 14. The minimum atomic E-state index is -0.808. The Kier molecular flexibility index (Phi) is 52.6. The van der Waals surface area contributed by atoms with Crippen LogP contribution in [0.25, 0.3) is 0 Å². The zero-order chi connectivity index (χ0) is 49.5. The third kappa shape index (κ3) is 49.5. The van der Waals surface area contributed by atoms with Gasteiger partial charge in [-0.2, -0.15) is 0 Å². The quantitative estimate of drug-likeness (QED) is 0.0244. The maximum absolute atomic E-state index is 13.3. The van der Waals surface area contributed by atoms with Crippen molar-refractivity contribution in [3.63, 3.8) is 0 Å². The first kappa shape index (κ1) is 65.0. The highest BCUT2D eigenvalue weighted by Gasteiger charge is 2.24. The van der Waals surface area contributed by atoms with Gasteiger partial charge in [-0.3, -0.25) is 9.59 Å². The van der Waals surface area contributed by atoms with Crippen molar-refractivity contribution in [2.24, 2.45) is 0 Å². The molecular weight excluding hydrogens is 839 g/mol. The predicted octanol–water partition coefficient (Wildman–Crippen LogP) is 17.9. The molecule has 0 aromatic carbocycles. The number of aliphatic hydroxyl groups excluding tert-OH is 2. The van der Waals surface area contributed by atoms with Crippen LogP contribution in [-0.2, 0) is 14.3 Å². The summed E-state index contributed by atoms with van der Waals surface area (Å²) in [5.41, 5.74) is 0. The molecule has 68 heavy (non-hydrogen) atoms. The summed E-state index contributed by atoms with van der Waals surface area (Å²) in [5.74, 6) is -0.543. The second-order valence-electron chi connectivity index (χ2n) is 19.4. The number of nitrogens with one attached hydrogen (secondary N) is 1. The monoisotopic (exact) mass is 948 g/mol. The van der Waals surface area contributed by atoms with E-state index in [0.29, 0.717) is 19.3 Å². The Hall–Kier alpha value is -2.96. The van der Waals surface area contributed by atoms with Gasteiger partial charge >= 0.3 is 5.97 Å². The summed E-state index contributed by atoms with van der Waals surface area (Å²) < 4.78 is 5.93. The lowest BCUT2D eigenvalue weighted by Crippen LogP contribution is -2.46. The van der Waals surface area contributed by atoms with E-state index in [2.05, 4.69) is 111 Å².